The van der Waals surface area contributed by atoms with Crippen molar-refractivity contribution in [2.24, 2.45) is 4.99 Å². The molecule has 4 heteroatoms. The summed E-state index contributed by atoms with van der Waals surface area (Å²) < 4.78 is 2.40. The van der Waals surface area contributed by atoms with Gasteiger partial charge in [0.1, 0.15) is 5.84 Å². The molecule has 0 bridgehead atoms. The first kappa shape index (κ1) is 30.5. The third-order valence-corrected chi connectivity index (χ3v) is 11.5. The number of hydrogen-bond acceptors (Lipinski definition) is 4. The van der Waals surface area contributed by atoms with Crippen LogP contribution < -0.4 is 5.32 Å². The Hall–Kier alpha value is -6.36. The first-order valence-corrected chi connectivity index (χ1v) is 18.5. The van der Waals surface area contributed by atoms with E-state index in [1.807, 2.05) is 18.5 Å². The molecule has 0 amide bonds. The number of rotatable bonds is 5. The van der Waals surface area contributed by atoms with Crippen molar-refractivity contribution in [2.45, 2.75) is 13.0 Å². The topological polar surface area (TPSA) is 37.3 Å². The van der Waals surface area contributed by atoms with E-state index in [9.17, 15) is 0 Å². The minimum atomic E-state index is -0.0273. The van der Waals surface area contributed by atoms with Gasteiger partial charge in [0.15, 0.2) is 0 Å². The van der Waals surface area contributed by atoms with Crippen LogP contribution >= 0.6 is 11.3 Å². The second kappa shape index (κ2) is 12.4. The quantitative estimate of drug-likeness (QED) is 0.183. The average Bonchev–Trinajstić information content (AvgIpc) is 3.59. The fourth-order valence-corrected chi connectivity index (χ4v) is 9.11. The van der Waals surface area contributed by atoms with E-state index in [0.29, 0.717) is 0 Å². The molecule has 0 radical (unpaired) electrons. The highest BCUT2D eigenvalue weighted by molar-refractivity contribution is 7.25. The summed E-state index contributed by atoms with van der Waals surface area (Å²) in [6.45, 7) is 2.21. The number of hydrogen-bond donors (Lipinski definition) is 1. The van der Waals surface area contributed by atoms with Crippen molar-refractivity contribution >= 4 is 64.6 Å². The fraction of sp³-hybridized carbons (Fsp3) is 0.0417. The Kier molecular flexibility index (Phi) is 7.29. The van der Waals surface area contributed by atoms with E-state index < -0.39 is 0 Å². The lowest BCUT2D eigenvalue weighted by Crippen LogP contribution is -2.33. The van der Waals surface area contributed by atoms with Gasteiger partial charge in [-0.3, -0.25) is 4.98 Å². The van der Waals surface area contributed by atoms with Gasteiger partial charge >= 0.3 is 0 Å². The van der Waals surface area contributed by atoms with E-state index in [-0.39, 0.29) is 6.04 Å². The van der Waals surface area contributed by atoms with Gasteiger partial charge in [-0.2, -0.15) is 0 Å². The number of nitrogens with one attached hydrogen (secondary N) is 1. The Bertz CT molecular complexity index is 2810. The summed E-state index contributed by atoms with van der Waals surface area (Å²) in [7, 11) is 0. The van der Waals surface area contributed by atoms with Crippen LogP contribution in [0.15, 0.2) is 181 Å². The maximum Gasteiger partial charge on any atom is 0.134 e. The molecule has 52 heavy (non-hydrogen) atoms. The molecule has 1 N–H and O–H groups in total. The summed E-state index contributed by atoms with van der Waals surface area (Å²) in [5.74, 6) is 0.865. The number of benzene rings is 7. The van der Waals surface area contributed by atoms with Gasteiger partial charge in [0, 0.05) is 39.0 Å². The van der Waals surface area contributed by atoms with Gasteiger partial charge in [-0.25, -0.2) is 4.99 Å². The number of aliphatic imine (C=N–C) groups is 1. The van der Waals surface area contributed by atoms with Crippen LogP contribution in [-0.2, 0) is 0 Å². The van der Waals surface area contributed by atoms with Crippen LogP contribution in [0, 0.1) is 0 Å². The van der Waals surface area contributed by atoms with Crippen molar-refractivity contribution in [1.82, 2.24) is 10.3 Å². The normalized spacial score (nSPS) is 14.6. The lowest BCUT2D eigenvalue weighted by atomic mass is 9.85. The average molecular weight is 684 g/mol. The zero-order chi connectivity index (χ0) is 34.6. The highest BCUT2D eigenvalue weighted by Gasteiger charge is 2.27. The van der Waals surface area contributed by atoms with Crippen molar-refractivity contribution < 1.29 is 0 Å². The van der Waals surface area contributed by atoms with E-state index in [1.165, 1.54) is 70.4 Å². The largest absolute Gasteiger partial charge is 0.359 e. The number of nitrogens with zero attached hydrogens (tertiary/aromatic N) is 2. The van der Waals surface area contributed by atoms with E-state index in [1.54, 1.807) is 11.3 Å². The first-order valence-electron chi connectivity index (χ1n) is 17.7. The molecule has 10 rings (SSSR count). The molecule has 1 atom stereocenters. The van der Waals surface area contributed by atoms with Crippen molar-refractivity contribution in [3.63, 3.8) is 0 Å². The maximum absolute atomic E-state index is 5.37. The fourth-order valence-electron chi connectivity index (χ4n) is 8.03. The molecule has 0 aliphatic carbocycles. The Labute approximate surface area is 306 Å². The SMILES string of the molecule is CC1=C(c2cncc3sc4ccc(-c5c6ccccc6c(-c6ccccc6)c6ccccc56)cc4c23)N=C(c2ccccc2)NC1c1ccccc1. The standard InChI is InChI=1S/C48H33N3S/c1-30-46(32-17-7-3-8-18-32)50-48(33-19-9-4-10-20-33)51-47(30)40-28-49-29-42-45(40)39-27-34(25-26-41(39)52-42)44-37-23-13-11-21-35(37)43(31-15-5-2-6-16-31)36-22-12-14-24-38(36)44/h2-29,46H,1H3,(H,50,51). The van der Waals surface area contributed by atoms with Crippen LogP contribution in [0.5, 0.6) is 0 Å². The van der Waals surface area contributed by atoms with Crippen LogP contribution in [-0.4, -0.2) is 10.8 Å². The lowest BCUT2D eigenvalue weighted by Gasteiger charge is -2.29. The van der Waals surface area contributed by atoms with Gasteiger partial charge in [0.05, 0.1) is 16.4 Å². The van der Waals surface area contributed by atoms with Gasteiger partial charge in [-0.1, -0.05) is 146 Å². The second-order valence-corrected chi connectivity index (χ2v) is 14.5. The molecule has 3 nitrogen and oxygen atoms in total. The lowest BCUT2D eigenvalue weighted by molar-refractivity contribution is 0.733. The summed E-state index contributed by atoms with van der Waals surface area (Å²) in [4.78, 5) is 10.2. The van der Waals surface area contributed by atoms with Crippen LogP contribution in [0.25, 0.3) is 69.7 Å². The number of amidine groups is 1. The molecule has 246 valence electrons. The van der Waals surface area contributed by atoms with Crippen molar-refractivity contribution in [1.29, 1.82) is 0 Å². The molecule has 3 heterocycles. The third kappa shape index (κ3) is 4.95. The summed E-state index contributed by atoms with van der Waals surface area (Å²) in [6.07, 6.45) is 4.02. The van der Waals surface area contributed by atoms with Crippen molar-refractivity contribution in [3.05, 3.63) is 192 Å². The molecule has 1 unspecified atom stereocenters. The summed E-state index contributed by atoms with van der Waals surface area (Å²) >= 11 is 1.80. The molecule has 0 spiro atoms. The van der Waals surface area contributed by atoms with Gasteiger partial charge in [-0.15, -0.1) is 11.3 Å². The molecule has 0 fully saturated rings. The minimum absolute atomic E-state index is 0.0273. The Balaban J connectivity index is 1.23. The molecular formula is C48H33N3S. The number of fused-ring (bicyclic) bond motifs is 5. The molecule has 0 saturated carbocycles. The van der Waals surface area contributed by atoms with Gasteiger partial charge in [0.2, 0.25) is 0 Å². The number of thiophene rings is 1. The Morgan fingerprint density at radius 2 is 1.08 bits per heavy atom. The summed E-state index contributed by atoms with van der Waals surface area (Å²) in [5.41, 5.74) is 10.4. The van der Waals surface area contributed by atoms with E-state index in [0.717, 1.165) is 27.4 Å². The van der Waals surface area contributed by atoms with Gasteiger partial charge in [0.25, 0.3) is 0 Å². The Morgan fingerprint density at radius 1 is 0.519 bits per heavy atom. The highest BCUT2D eigenvalue weighted by Crippen LogP contribution is 2.47. The molecule has 7 aromatic carbocycles. The zero-order valence-corrected chi connectivity index (χ0v) is 29.4. The highest BCUT2D eigenvalue weighted by atomic mass is 32.1. The first-order chi connectivity index (χ1) is 25.7. The molecule has 1 aliphatic heterocycles. The third-order valence-electron chi connectivity index (χ3n) is 10.4. The minimum Gasteiger partial charge on any atom is -0.359 e. The van der Waals surface area contributed by atoms with Crippen LogP contribution in [0.2, 0.25) is 0 Å². The second-order valence-electron chi connectivity index (χ2n) is 13.4. The van der Waals surface area contributed by atoms with E-state index in [2.05, 4.69) is 164 Å². The van der Waals surface area contributed by atoms with E-state index >= 15 is 0 Å². The number of pyridine rings is 1. The summed E-state index contributed by atoms with van der Waals surface area (Å²) in [6, 6.07) is 56.6. The monoisotopic (exact) mass is 683 g/mol. The predicted molar refractivity (Wildman–Crippen MR) is 221 cm³/mol. The maximum atomic E-state index is 5.37. The van der Waals surface area contributed by atoms with Gasteiger partial charge in [-0.05, 0) is 74.0 Å². The Morgan fingerprint density at radius 3 is 1.71 bits per heavy atom. The molecule has 0 saturated heterocycles. The van der Waals surface area contributed by atoms with Gasteiger partial charge < -0.3 is 5.32 Å². The zero-order valence-electron chi connectivity index (χ0n) is 28.5. The smallest absolute Gasteiger partial charge is 0.134 e. The van der Waals surface area contributed by atoms with E-state index in [4.69, 9.17) is 9.98 Å². The van der Waals surface area contributed by atoms with Crippen LogP contribution in [0.1, 0.15) is 29.7 Å². The van der Waals surface area contributed by atoms with Crippen molar-refractivity contribution in [3.8, 4) is 22.3 Å². The van der Waals surface area contributed by atoms with Crippen LogP contribution in [0.4, 0.5) is 0 Å². The molecular weight excluding hydrogens is 651 g/mol. The number of aromatic nitrogens is 1. The molecule has 2 aromatic heterocycles. The summed E-state index contributed by atoms with van der Waals surface area (Å²) in [5, 5.41) is 11.2. The predicted octanol–water partition coefficient (Wildman–Crippen LogP) is 12.6. The molecule has 1 aliphatic rings. The van der Waals surface area contributed by atoms with Crippen molar-refractivity contribution in [2.75, 3.05) is 0 Å². The molecule has 9 aromatic rings. The van der Waals surface area contributed by atoms with Crippen LogP contribution in [0.3, 0.4) is 0 Å².